The lowest BCUT2D eigenvalue weighted by atomic mass is 10.1. The quantitative estimate of drug-likeness (QED) is 0.462. The maximum absolute atomic E-state index is 13.2. The molecule has 3 N–H and O–H groups in total. The number of imide groups is 1. The highest BCUT2D eigenvalue weighted by Gasteiger charge is 2.22. The largest absolute Gasteiger partial charge is 0.351 e. The third-order valence-electron chi connectivity index (χ3n) is 4.84. The number of nitrogens with zero attached hydrogens (tertiary/aromatic N) is 4. The second-order valence-corrected chi connectivity index (χ2v) is 8.43. The summed E-state index contributed by atoms with van der Waals surface area (Å²) in [5, 5.41) is 10.8. The number of rotatable bonds is 5. The summed E-state index contributed by atoms with van der Waals surface area (Å²) in [7, 11) is 0. The Labute approximate surface area is 181 Å². The molecule has 0 aliphatic carbocycles. The van der Waals surface area contributed by atoms with Crippen molar-refractivity contribution >= 4 is 40.4 Å². The fraction of sp³-hybridized carbons (Fsp3) is 0.190. The van der Waals surface area contributed by atoms with Crippen LogP contribution >= 0.6 is 11.8 Å². The number of aryl methyl sites for hydroxylation is 1. The van der Waals surface area contributed by atoms with Gasteiger partial charge in [-0.15, -0.1) is 10.2 Å². The number of hydrogen-bond acceptors (Lipinski definition) is 6. The molecule has 9 nitrogen and oxygen atoms in total. The molecule has 0 fully saturated rings. The van der Waals surface area contributed by atoms with E-state index in [4.69, 9.17) is 5.73 Å². The number of benzene rings is 2. The molecule has 0 aliphatic heterocycles. The van der Waals surface area contributed by atoms with E-state index in [2.05, 4.69) is 15.5 Å². The smallest absolute Gasteiger partial charge is 0.318 e. The van der Waals surface area contributed by atoms with Gasteiger partial charge < -0.3 is 5.73 Å². The van der Waals surface area contributed by atoms with Gasteiger partial charge in [0.2, 0.25) is 11.7 Å². The van der Waals surface area contributed by atoms with Crippen LogP contribution in [0.1, 0.15) is 18.1 Å². The number of aromatic nitrogens is 4. The number of urea groups is 1. The maximum Gasteiger partial charge on any atom is 0.318 e. The van der Waals surface area contributed by atoms with Crippen LogP contribution in [0.2, 0.25) is 0 Å². The number of para-hydroxylation sites is 1. The third kappa shape index (κ3) is 4.02. The van der Waals surface area contributed by atoms with Crippen molar-refractivity contribution in [3.63, 3.8) is 0 Å². The standard InChI is InChI=1S/C21H20N6O3S/c1-12-7-9-14(10-8-12)11-26-18(29)15-5-3-4-6-16(15)27-20(26)24-25-21(27)31-13(2)17(28)23-19(22)30/h3-10,13H,11H2,1-2H3,(H3,22,23,28,30). The molecule has 2 aromatic heterocycles. The van der Waals surface area contributed by atoms with E-state index in [-0.39, 0.29) is 5.56 Å². The molecule has 0 spiro atoms. The topological polar surface area (TPSA) is 124 Å². The SMILES string of the molecule is Cc1ccc(Cn2c(=O)c3ccccc3n3c(SC(C)C(=O)NC(N)=O)nnc23)cc1. The van der Waals surface area contributed by atoms with E-state index in [9.17, 15) is 14.4 Å². The van der Waals surface area contributed by atoms with Crippen LogP contribution in [-0.4, -0.2) is 36.4 Å². The molecule has 0 bridgehead atoms. The fourth-order valence-electron chi connectivity index (χ4n) is 3.26. The molecule has 2 heterocycles. The molecule has 2 aromatic carbocycles. The summed E-state index contributed by atoms with van der Waals surface area (Å²) in [6, 6.07) is 14.2. The monoisotopic (exact) mass is 436 g/mol. The molecule has 4 rings (SSSR count). The Kier molecular flexibility index (Phi) is 5.47. The van der Waals surface area contributed by atoms with E-state index in [0.717, 1.165) is 22.9 Å². The van der Waals surface area contributed by atoms with E-state index >= 15 is 0 Å². The van der Waals surface area contributed by atoms with Gasteiger partial charge in [-0.05, 0) is 31.5 Å². The van der Waals surface area contributed by atoms with E-state index < -0.39 is 17.2 Å². The van der Waals surface area contributed by atoms with Crippen LogP contribution in [0.5, 0.6) is 0 Å². The lowest BCUT2D eigenvalue weighted by Gasteiger charge is -2.13. The highest BCUT2D eigenvalue weighted by atomic mass is 32.2. The predicted octanol–water partition coefficient (Wildman–Crippen LogP) is 2.08. The van der Waals surface area contributed by atoms with Gasteiger partial charge in [-0.3, -0.25) is 23.9 Å². The van der Waals surface area contributed by atoms with E-state index in [1.807, 2.05) is 43.3 Å². The number of carbonyl (C=O) groups is 2. The minimum Gasteiger partial charge on any atom is -0.351 e. The number of carbonyl (C=O) groups excluding carboxylic acids is 2. The third-order valence-corrected chi connectivity index (χ3v) is 5.88. The van der Waals surface area contributed by atoms with Gasteiger partial charge in [0.15, 0.2) is 5.16 Å². The lowest BCUT2D eigenvalue weighted by molar-refractivity contribution is -0.119. The zero-order valence-corrected chi connectivity index (χ0v) is 17.7. The Bertz CT molecular complexity index is 1360. The molecule has 4 aromatic rings. The first-order chi connectivity index (χ1) is 14.8. The van der Waals surface area contributed by atoms with Crippen molar-refractivity contribution in [2.45, 2.75) is 30.8 Å². The van der Waals surface area contributed by atoms with Crippen LogP contribution < -0.4 is 16.6 Å². The molecule has 0 aliphatic rings. The van der Waals surface area contributed by atoms with Gasteiger partial charge in [0, 0.05) is 0 Å². The van der Waals surface area contributed by atoms with Crippen LogP contribution in [-0.2, 0) is 11.3 Å². The lowest BCUT2D eigenvalue weighted by Crippen LogP contribution is -2.39. The minimum absolute atomic E-state index is 0.174. The summed E-state index contributed by atoms with van der Waals surface area (Å²) >= 11 is 1.12. The maximum atomic E-state index is 13.2. The van der Waals surface area contributed by atoms with Crippen LogP contribution in [0.25, 0.3) is 16.7 Å². The van der Waals surface area contributed by atoms with Gasteiger partial charge in [0.05, 0.1) is 22.7 Å². The number of thioether (sulfide) groups is 1. The fourth-order valence-corrected chi connectivity index (χ4v) is 4.12. The van der Waals surface area contributed by atoms with Crippen LogP contribution in [0.4, 0.5) is 4.79 Å². The second kappa shape index (κ2) is 8.23. The van der Waals surface area contributed by atoms with Gasteiger partial charge in [-0.1, -0.05) is 53.7 Å². The van der Waals surface area contributed by atoms with Crippen molar-refractivity contribution in [3.8, 4) is 0 Å². The Hall–Kier alpha value is -3.66. The van der Waals surface area contributed by atoms with Crippen molar-refractivity contribution in [2.24, 2.45) is 5.73 Å². The number of nitrogens with two attached hydrogens (primary N) is 1. The number of fused-ring (bicyclic) bond motifs is 3. The Balaban J connectivity index is 1.84. The Morgan fingerprint density at radius 3 is 2.55 bits per heavy atom. The molecule has 3 amide bonds. The van der Waals surface area contributed by atoms with Crippen LogP contribution in [0.3, 0.4) is 0 Å². The summed E-state index contributed by atoms with van der Waals surface area (Å²) in [4.78, 5) is 36.3. The number of primary amides is 1. The summed E-state index contributed by atoms with van der Waals surface area (Å²) in [6.45, 7) is 3.96. The predicted molar refractivity (Wildman–Crippen MR) is 118 cm³/mol. The zero-order chi connectivity index (χ0) is 22.1. The first kappa shape index (κ1) is 20.6. The Morgan fingerprint density at radius 1 is 1.13 bits per heavy atom. The summed E-state index contributed by atoms with van der Waals surface area (Å²) in [5.41, 5.74) is 7.58. The van der Waals surface area contributed by atoms with Crippen molar-refractivity contribution in [3.05, 3.63) is 70.0 Å². The molecule has 1 unspecified atom stereocenters. The van der Waals surface area contributed by atoms with Gasteiger partial charge in [0.1, 0.15) is 0 Å². The van der Waals surface area contributed by atoms with Gasteiger partial charge >= 0.3 is 6.03 Å². The van der Waals surface area contributed by atoms with Gasteiger partial charge in [0.25, 0.3) is 5.56 Å². The van der Waals surface area contributed by atoms with Crippen molar-refractivity contribution < 1.29 is 9.59 Å². The van der Waals surface area contributed by atoms with Gasteiger partial charge in [-0.2, -0.15) is 0 Å². The minimum atomic E-state index is -0.916. The Morgan fingerprint density at radius 2 is 1.84 bits per heavy atom. The van der Waals surface area contributed by atoms with Gasteiger partial charge in [-0.25, -0.2) is 4.79 Å². The first-order valence-electron chi connectivity index (χ1n) is 9.54. The first-order valence-corrected chi connectivity index (χ1v) is 10.4. The summed E-state index contributed by atoms with van der Waals surface area (Å²) in [6.07, 6.45) is 0. The van der Waals surface area contributed by atoms with E-state index in [1.54, 1.807) is 28.0 Å². The normalized spacial score (nSPS) is 12.2. The van der Waals surface area contributed by atoms with Crippen molar-refractivity contribution in [1.29, 1.82) is 0 Å². The highest BCUT2D eigenvalue weighted by Crippen LogP contribution is 2.25. The molecule has 0 radical (unpaired) electrons. The molecular weight excluding hydrogens is 416 g/mol. The average Bonchev–Trinajstić information content (AvgIpc) is 3.15. The summed E-state index contributed by atoms with van der Waals surface area (Å²) in [5.74, 6) is -0.166. The average molecular weight is 436 g/mol. The van der Waals surface area contributed by atoms with E-state index in [1.165, 1.54) is 0 Å². The summed E-state index contributed by atoms with van der Waals surface area (Å²) < 4.78 is 3.32. The molecule has 0 saturated heterocycles. The second-order valence-electron chi connectivity index (χ2n) is 7.13. The molecule has 1 atom stereocenters. The molecule has 31 heavy (non-hydrogen) atoms. The van der Waals surface area contributed by atoms with Crippen LogP contribution in [0.15, 0.2) is 58.5 Å². The number of hydrogen-bond donors (Lipinski definition) is 2. The van der Waals surface area contributed by atoms with Crippen molar-refractivity contribution in [1.82, 2.24) is 24.5 Å². The number of nitrogens with one attached hydrogen (secondary N) is 1. The zero-order valence-electron chi connectivity index (χ0n) is 16.9. The number of amides is 3. The van der Waals surface area contributed by atoms with E-state index in [0.29, 0.717) is 28.4 Å². The van der Waals surface area contributed by atoms with Crippen LogP contribution in [0, 0.1) is 6.92 Å². The molecular formula is C21H20N6O3S. The molecule has 158 valence electrons. The van der Waals surface area contributed by atoms with Crippen molar-refractivity contribution in [2.75, 3.05) is 0 Å². The molecule has 0 saturated carbocycles. The molecule has 10 heteroatoms. The highest BCUT2D eigenvalue weighted by molar-refractivity contribution is 8.00.